The molecule has 0 aliphatic carbocycles. The highest BCUT2D eigenvalue weighted by Gasteiger charge is 2.02. The summed E-state index contributed by atoms with van der Waals surface area (Å²) in [6.07, 6.45) is 7.11. The second-order valence-electron chi connectivity index (χ2n) is 4.20. The van der Waals surface area contributed by atoms with Gasteiger partial charge in [-0.25, -0.2) is 0 Å². The number of carbonyl (C=O) groups is 1. The third-order valence-corrected chi connectivity index (χ3v) is 2.81. The van der Waals surface area contributed by atoms with Crippen LogP contribution in [0.5, 0.6) is 0 Å². The van der Waals surface area contributed by atoms with Gasteiger partial charge in [0.1, 0.15) is 0 Å². The molecule has 0 aliphatic rings. The predicted molar refractivity (Wildman–Crippen MR) is 77.1 cm³/mol. The molecule has 0 unspecified atom stereocenters. The van der Waals surface area contributed by atoms with Gasteiger partial charge in [0.05, 0.1) is 5.03 Å². The van der Waals surface area contributed by atoms with E-state index in [0.717, 1.165) is 17.1 Å². The van der Waals surface area contributed by atoms with Gasteiger partial charge in [0.15, 0.2) is 0 Å². The summed E-state index contributed by atoms with van der Waals surface area (Å²) in [5.74, 6) is 0.621. The number of hydrogen-bond donors (Lipinski definition) is 1. The quantitative estimate of drug-likeness (QED) is 0.559. The molecule has 0 radical (unpaired) electrons. The summed E-state index contributed by atoms with van der Waals surface area (Å²) in [6, 6.07) is 0. The van der Waals surface area contributed by atoms with Gasteiger partial charge in [0, 0.05) is 12.1 Å². The summed E-state index contributed by atoms with van der Waals surface area (Å²) in [5, 5.41) is 3.68. The Morgan fingerprint density at radius 2 is 2.12 bits per heavy atom. The minimum atomic E-state index is 0.0677. The van der Waals surface area contributed by atoms with Crippen molar-refractivity contribution in [1.82, 2.24) is 5.32 Å². The number of thioether (sulfide) groups is 1. The third kappa shape index (κ3) is 8.74. The van der Waals surface area contributed by atoms with E-state index in [4.69, 9.17) is 0 Å². The van der Waals surface area contributed by atoms with Crippen LogP contribution in [0.15, 0.2) is 27.9 Å². The maximum absolute atomic E-state index is 11.5. The van der Waals surface area contributed by atoms with Gasteiger partial charge in [-0.2, -0.15) is 0 Å². The minimum absolute atomic E-state index is 0.0677. The molecule has 0 fully saturated rings. The summed E-state index contributed by atoms with van der Waals surface area (Å²) < 4.78 is 0. The number of nitrogens with zero attached hydrogens (tertiary/aromatic N) is 1. The van der Waals surface area contributed by atoms with E-state index in [1.54, 1.807) is 0 Å². The molecule has 0 saturated heterocycles. The van der Waals surface area contributed by atoms with E-state index >= 15 is 0 Å². The van der Waals surface area contributed by atoms with Crippen LogP contribution in [-0.4, -0.2) is 18.9 Å². The Morgan fingerprint density at radius 3 is 2.59 bits per heavy atom. The molecule has 0 atom stereocenters. The van der Waals surface area contributed by atoms with Crippen molar-refractivity contribution in [3.8, 4) is 0 Å². The van der Waals surface area contributed by atoms with Crippen molar-refractivity contribution in [3.05, 3.63) is 22.9 Å². The molecule has 0 rings (SSSR count). The Hall–Kier alpha value is -1.03. The Bertz CT molecular complexity index is 319. The van der Waals surface area contributed by atoms with Gasteiger partial charge >= 0.3 is 0 Å². The van der Waals surface area contributed by atoms with Crippen LogP contribution in [0, 0.1) is 5.92 Å². The van der Waals surface area contributed by atoms with Gasteiger partial charge in [-0.05, 0) is 44.4 Å². The smallest absolute Gasteiger partial charge is 0.224 e. The first-order valence-corrected chi connectivity index (χ1v) is 6.91. The monoisotopic (exact) mass is 254 g/mol. The second kappa shape index (κ2) is 9.05. The summed E-state index contributed by atoms with van der Waals surface area (Å²) in [4.78, 5) is 15.4. The molecule has 0 saturated carbocycles. The Balaban J connectivity index is 4.20. The molecular formula is C13H22N2OS. The zero-order valence-electron chi connectivity index (χ0n) is 11.1. The SMILES string of the molecule is C=N/C(=C\C=C(/C)NC(=O)CCC(C)C)SC. The molecule has 4 heteroatoms. The molecule has 0 aromatic heterocycles. The van der Waals surface area contributed by atoms with Crippen LogP contribution in [0.3, 0.4) is 0 Å². The normalized spacial score (nSPS) is 12.8. The highest BCUT2D eigenvalue weighted by Crippen LogP contribution is 2.12. The highest BCUT2D eigenvalue weighted by molar-refractivity contribution is 8.02. The molecule has 17 heavy (non-hydrogen) atoms. The maximum atomic E-state index is 11.5. The fraction of sp³-hybridized carbons (Fsp3) is 0.538. The van der Waals surface area contributed by atoms with E-state index in [0.29, 0.717) is 12.3 Å². The van der Waals surface area contributed by atoms with Crippen LogP contribution in [0.2, 0.25) is 0 Å². The lowest BCUT2D eigenvalue weighted by Gasteiger charge is -2.06. The van der Waals surface area contributed by atoms with Crippen LogP contribution in [0.25, 0.3) is 0 Å². The Kier molecular flexibility index (Phi) is 8.50. The van der Waals surface area contributed by atoms with Crippen LogP contribution in [0.4, 0.5) is 0 Å². The fourth-order valence-corrected chi connectivity index (χ4v) is 1.46. The molecule has 1 N–H and O–H groups in total. The van der Waals surface area contributed by atoms with Gasteiger partial charge in [-0.3, -0.25) is 9.79 Å². The summed E-state index contributed by atoms with van der Waals surface area (Å²) in [7, 11) is 0. The molecule has 0 bridgehead atoms. The van der Waals surface area contributed by atoms with Gasteiger partial charge < -0.3 is 5.32 Å². The number of hydrogen-bond acceptors (Lipinski definition) is 3. The van der Waals surface area contributed by atoms with Crippen molar-refractivity contribution in [3.63, 3.8) is 0 Å². The molecule has 1 amide bonds. The van der Waals surface area contributed by atoms with Gasteiger partial charge in [-0.15, -0.1) is 11.8 Å². The van der Waals surface area contributed by atoms with Gasteiger partial charge in [-0.1, -0.05) is 13.8 Å². The van der Waals surface area contributed by atoms with Crippen LogP contribution in [0.1, 0.15) is 33.6 Å². The van der Waals surface area contributed by atoms with Crippen molar-refractivity contribution >= 4 is 24.4 Å². The van der Waals surface area contributed by atoms with Crippen molar-refractivity contribution in [2.75, 3.05) is 6.26 Å². The minimum Gasteiger partial charge on any atom is -0.330 e. The molecule has 3 nitrogen and oxygen atoms in total. The van der Waals surface area contributed by atoms with E-state index in [1.807, 2.05) is 25.3 Å². The summed E-state index contributed by atoms with van der Waals surface area (Å²) in [5.41, 5.74) is 0.828. The first-order chi connectivity index (χ1) is 7.99. The molecule has 0 spiro atoms. The first kappa shape index (κ1) is 16.0. The lowest BCUT2D eigenvalue weighted by molar-refractivity contribution is -0.120. The average molecular weight is 254 g/mol. The average Bonchev–Trinajstić information content (AvgIpc) is 2.27. The number of carbonyl (C=O) groups excluding carboxylic acids is 1. The number of allylic oxidation sites excluding steroid dienone is 3. The van der Waals surface area contributed by atoms with Crippen molar-refractivity contribution < 1.29 is 4.79 Å². The predicted octanol–water partition coefficient (Wildman–Crippen LogP) is 3.35. The van der Waals surface area contributed by atoms with Crippen molar-refractivity contribution in [2.24, 2.45) is 10.9 Å². The lowest BCUT2D eigenvalue weighted by Crippen LogP contribution is -2.21. The number of amides is 1. The maximum Gasteiger partial charge on any atom is 0.224 e. The molecule has 0 aromatic rings. The largest absolute Gasteiger partial charge is 0.330 e. The Morgan fingerprint density at radius 1 is 1.47 bits per heavy atom. The Labute approximate surface area is 108 Å². The zero-order chi connectivity index (χ0) is 13.3. The van der Waals surface area contributed by atoms with Crippen molar-refractivity contribution in [2.45, 2.75) is 33.6 Å². The van der Waals surface area contributed by atoms with Crippen LogP contribution >= 0.6 is 11.8 Å². The number of rotatable bonds is 7. The third-order valence-electron chi connectivity index (χ3n) is 2.13. The molecule has 0 aliphatic heterocycles. The van der Waals surface area contributed by atoms with E-state index in [1.165, 1.54) is 11.8 Å². The van der Waals surface area contributed by atoms with Crippen LogP contribution < -0.4 is 5.32 Å². The standard InChI is InChI=1S/C13H22N2OS/c1-10(2)6-8-12(16)15-11(3)7-9-13(14-4)17-5/h7,9-10H,4,6,8H2,1-3,5H3,(H,15,16)/b11-7+,13-9+. The molecule has 0 heterocycles. The fourth-order valence-electron chi connectivity index (χ4n) is 1.13. The van der Waals surface area contributed by atoms with Crippen LogP contribution in [-0.2, 0) is 4.79 Å². The van der Waals surface area contributed by atoms with Crippen molar-refractivity contribution in [1.29, 1.82) is 0 Å². The lowest BCUT2D eigenvalue weighted by atomic mass is 10.1. The van der Waals surface area contributed by atoms with E-state index in [2.05, 4.69) is 30.9 Å². The molecular weight excluding hydrogens is 232 g/mol. The summed E-state index contributed by atoms with van der Waals surface area (Å²) >= 11 is 1.52. The van der Waals surface area contributed by atoms with Gasteiger partial charge in [0.25, 0.3) is 0 Å². The molecule has 0 aromatic carbocycles. The van der Waals surface area contributed by atoms with E-state index in [-0.39, 0.29) is 5.91 Å². The zero-order valence-corrected chi connectivity index (χ0v) is 11.9. The first-order valence-electron chi connectivity index (χ1n) is 5.68. The number of nitrogens with one attached hydrogen (secondary N) is 1. The number of aliphatic imine (C=N–C) groups is 1. The highest BCUT2D eigenvalue weighted by atomic mass is 32.2. The van der Waals surface area contributed by atoms with E-state index in [9.17, 15) is 4.79 Å². The van der Waals surface area contributed by atoms with E-state index < -0.39 is 0 Å². The topological polar surface area (TPSA) is 41.5 Å². The second-order valence-corrected chi connectivity index (χ2v) is 5.02. The summed E-state index contributed by atoms with van der Waals surface area (Å²) in [6.45, 7) is 9.55. The van der Waals surface area contributed by atoms with Gasteiger partial charge in [0.2, 0.25) is 5.91 Å². The molecule has 96 valence electrons.